The minimum atomic E-state index is -0.422. The highest BCUT2D eigenvalue weighted by Crippen LogP contribution is 2.38. The number of fused-ring (bicyclic) bond motifs is 2. The number of rotatable bonds is 5. The first-order valence-corrected chi connectivity index (χ1v) is 10.9. The van der Waals surface area contributed by atoms with Gasteiger partial charge in [-0.15, -0.1) is 0 Å². The van der Waals surface area contributed by atoms with Gasteiger partial charge >= 0.3 is 0 Å². The number of carbonyl (C=O) groups is 1. The molecule has 1 aromatic heterocycles. The fourth-order valence-corrected chi connectivity index (χ4v) is 4.31. The highest BCUT2D eigenvalue weighted by Gasteiger charge is 2.42. The smallest absolute Gasteiger partial charge is 0.290 e. The fraction of sp³-hybridized carbons (Fsp3) is 0.385. The molecule has 0 unspecified atom stereocenters. The van der Waals surface area contributed by atoms with E-state index in [4.69, 9.17) is 4.42 Å². The summed E-state index contributed by atoms with van der Waals surface area (Å²) in [6, 6.07) is 15.0. The second-order valence-electron chi connectivity index (χ2n) is 9.75. The molecule has 1 N–H and O–H groups in total. The van der Waals surface area contributed by atoms with Crippen molar-refractivity contribution in [2.75, 3.05) is 27.2 Å². The number of amides is 1. The molecule has 0 saturated heterocycles. The summed E-state index contributed by atoms with van der Waals surface area (Å²) in [5, 5.41) is 0.518. The van der Waals surface area contributed by atoms with E-state index in [2.05, 4.69) is 47.0 Å². The van der Waals surface area contributed by atoms with Crippen molar-refractivity contribution in [2.24, 2.45) is 0 Å². The minimum absolute atomic E-state index is 0.0331. The van der Waals surface area contributed by atoms with Gasteiger partial charge in [0.25, 0.3) is 5.91 Å². The molecule has 1 atom stereocenters. The number of hydrogen-bond acceptors (Lipinski definition) is 3. The van der Waals surface area contributed by atoms with Gasteiger partial charge in [-0.05, 0) is 28.7 Å². The van der Waals surface area contributed by atoms with Gasteiger partial charge in [-0.1, -0.05) is 57.2 Å². The normalized spacial score (nSPS) is 16.4. The van der Waals surface area contributed by atoms with Crippen LogP contribution < -0.4 is 10.3 Å². The van der Waals surface area contributed by atoms with Crippen LogP contribution in [0.2, 0.25) is 0 Å². The molecule has 5 nitrogen and oxygen atoms in total. The molecule has 0 bridgehead atoms. The lowest BCUT2D eigenvalue weighted by Gasteiger charge is -2.26. The third-order valence-electron chi connectivity index (χ3n) is 6.04. The van der Waals surface area contributed by atoms with E-state index in [-0.39, 0.29) is 22.5 Å². The van der Waals surface area contributed by atoms with Gasteiger partial charge < -0.3 is 14.2 Å². The lowest BCUT2D eigenvalue weighted by atomic mass is 9.86. The van der Waals surface area contributed by atoms with Crippen molar-refractivity contribution >= 4 is 16.9 Å². The number of carbonyl (C=O) groups excluding carboxylic acids is 1. The molecule has 0 radical (unpaired) electrons. The number of para-hydroxylation sites is 1. The first kappa shape index (κ1) is 21.3. The molecule has 1 amide bonds. The average Bonchev–Trinajstić information content (AvgIpc) is 3.00. The Hall–Kier alpha value is -2.92. The monoisotopic (exact) mass is 419 g/mol. The summed E-state index contributed by atoms with van der Waals surface area (Å²) in [6.45, 7) is 8.04. The molecule has 0 saturated carbocycles. The van der Waals surface area contributed by atoms with Gasteiger partial charge in [-0.2, -0.15) is 0 Å². The maximum Gasteiger partial charge on any atom is 0.290 e. The summed E-state index contributed by atoms with van der Waals surface area (Å²) in [6.07, 6.45) is 0.854. The second-order valence-corrected chi connectivity index (χ2v) is 9.75. The first-order chi connectivity index (χ1) is 14.7. The van der Waals surface area contributed by atoms with Crippen LogP contribution in [0.15, 0.2) is 57.7 Å². The third kappa shape index (κ3) is 3.90. The largest absolute Gasteiger partial charge is 0.450 e. The zero-order valence-electron chi connectivity index (χ0n) is 19.0. The van der Waals surface area contributed by atoms with Crippen LogP contribution in [0.3, 0.4) is 0 Å². The SMILES string of the molecule is C[NH+](C)CCCN1C(=O)c2oc3ccccc3c(=O)c2[C@H]1c1ccc(C(C)(C)C)cc1. The first-order valence-electron chi connectivity index (χ1n) is 10.9. The Morgan fingerprint density at radius 1 is 1.00 bits per heavy atom. The Bertz CT molecular complexity index is 1170. The van der Waals surface area contributed by atoms with E-state index in [0.717, 1.165) is 18.5 Å². The molecule has 162 valence electrons. The number of nitrogens with zero attached hydrogens (tertiary/aromatic N) is 1. The van der Waals surface area contributed by atoms with E-state index in [1.165, 1.54) is 10.5 Å². The lowest BCUT2D eigenvalue weighted by molar-refractivity contribution is -0.858. The molecular formula is C26H31N2O3+. The summed E-state index contributed by atoms with van der Waals surface area (Å²) in [4.78, 5) is 30.0. The molecule has 5 heteroatoms. The Balaban J connectivity index is 1.84. The standard InChI is InChI=1S/C26H30N2O3/c1-26(2,3)18-13-11-17(12-14-18)22-21-23(29)19-9-6-7-10-20(19)31-24(21)25(30)28(22)16-8-15-27(4)5/h6-7,9-14,22H,8,15-16H2,1-5H3/p+1/t22-/m1/s1. The number of nitrogens with one attached hydrogen (secondary N) is 1. The van der Waals surface area contributed by atoms with Crippen molar-refractivity contribution in [3.63, 3.8) is 0 Å². The third-order valence-corrected chi connectivity index (χ3v) is 6.04. The number of benzene rings is 2. The molecule has 1 aliphatic heterocycles. The lowest BCUT2D eigenvalue weighted by Crippen LogP contribution is -3.05. The Morgan fingerprint density at radius 2 is 1.68 bits per heavy atom. The van der Waals surface area contributed by atoms with Crippen molar-refractivity contribution in [3.8, 4) is 0 Å². The molecule has 0 spiro atoms. The van der Waals surface area contributed by atoms with Gasteiger partial charge in [0.2, 0.25) is 5.76 Å². The van der Waals surface area contributed by atoms with Crippen LogP contribution in [0.25, 0.3) is 11.0 Å². The van der Waals surface area contributed by atoms with E-state index in [9.17, 15) is 9.59 Å². The van der Waals surface area contributed by atoms with E-state index in [0.29, 0.717) is 23.1 Å². The van der Waals surface area contributed by atoms with Gasteiger partial charge in [-0.25, -0.2) is 0 Å². The zero-order chi connectivity index (χ0) is 22.3. The Morgan fingerprint density at radius 3 is 2.32 bits per heavy atom. The van der Waals surface area contributed by atoms with Gasteiger partial charge in [0.05, 0.1) is 37.6 Å². The van der Waals surface area contributed by atoms with Crippen LogP contribution in [0, 0.1) is 0 Å². The highest BCUT2D eigenvalue weighted by molar-refractivity contribution is 5.99. The summed E-state index contributed by atoms with van der Waals surface area (Å²) >= 11 is 0. The van der Waals surface area contributed by atoms with Gasteiger partial charge in [0.1, 0.15) is 5.58 Å². The number of hydrogen-bond donors (Lipinski definition) is 1. The maximum absolute atomic E-state index is 13.5. The predicted octanol–water partition coefficient (Wildman–Crippen LogP) is 3.17. The minimum Gasteiger partial charge on any atom is -0.450 e. The molecule has 0 aliphatic carbocycles. The van der Waals surface area contributed by atoms with Gasteiger partial charge in [0, 0.05) is 13.0 Å². The van der Waals surface area contributed by atoms with Crippen molar-refractivity contribution in [1.82, 2.24) is 4.90 Å². The summed E-state index contributed by atoms with van der Waals surface area (Å²) < 4.78 is 5.99. The molecule has 3 aromatic rings. The van der Waals surface area contributed by atoms with E-state index >= 15 is 0 Å². The predicted molar refractivity (Wildman–Crippen MR) is 123 cm³/mol. The van der Waals surface area contributed by atoms with Crippen LogP contribution in [0.1, 0.15) is 60.5 Å². The summed E-state index contributed by atoms with van der Waals surface area (Å²) in [5.74, 6) is -0.0118. The van der Waals surface area contributed by atoms with Crippen LogP contribution in [0.5, 0.6) is 0 Å². The van der Waals surface area contributed by atoms with Gasteiger partial charge in [-0.3, -0.25) is 9.59 Å². The van der Waals surface area contributed by atoms with Crippen LogP contribution in [0.4, 0.5) is 0 Å². The van der Waals surface area contributed by atoms with Crippen molar-refractivity contribution in [1.29, 1.82) is 0 Å². The molecule has 4 rings (SSSR count). The van der Waals surface area contributed by atoms with Crippen molar-refractivity contribution in [2.45, 2.75) is 38.6 Å². The summed E-state index contributed by atoms with van der Waals surface area (Å²) in [7, 11) is 4.20. The molecule has 1 aliphatic rings. The molecule has 2 heterocycles. The Kier molecular flexibility index (Phi) is 5.48. The van der Waals surface area contributed by atoms with E-state index in [1.807, 2.05) is 29.2 Å². The van der Waals surface area contributed by atoms with Crippen LogP contribution in [-0.2, 0) is 5.41 Å². The fourth-order valence-electron chi connectivity index (χ4n) is 4.31. The topological polar surface area (TPSA) is 55.0 Å². The Labute approximate surface area is 183 Å². The summed E-state index contributed by atoms with van der Waals surface area (Å²) in [5.41, 5.74) is 3.00. The van der Waals surface area contributed by atoms with E-state index < -0.39 is 6.04 Å². The maximum atomic E-state index is 13.5. The number of quaternary nitrogens is 1. The second kappa shape index (κ2) is 7.97. The van der Waals surface area contributed by atoms with Crippen molar-refractivity contribution in [3.05, 3.63) is 81.2 Å². The van der Waals surface area contributed by atoms with Crippen LogP contribution >= 0.6 is 0 Å². The quantitative estimate of drug-likeness (QED) is 0.691. The molecule has 2 aromatic carbocycles. The van der Waals surface area contributed by atoms with Crippen molar-refractivity contribution < 1.29 is 14.1 Å². The highest BCUT2D eigenvalue weighted by atomic mass is 16.3. The molecular weight excluding hydrogens is 388 g/mol. The zero-order valence-corrected chi connectivity index (χ0v) is 19.0. The van der Waals surface area contributed by atoms with E-state index in [1.54, 1.807) is 12.1 Å². The van der Waals surface area contributed by atoms with Gasteiger partial charge in [0.15, 0.2) is 5.43 Å². The average molecular weight is 420 g/mol. The molecule has 0 fully saturated rings. The molecule has 31 heavy (non-hydrogen) atoms. The van der Waals surface area contributed by atoms with Crippen LogP contribution in [-0.4, -0.2) is 38.0 Å².